The van der Waals surface area contributed by atoms with Gasteiger partial charge in [0, 0.05) is 0 Å². The van der Waals surface area contributed by atoms with Crippen LogP contribution >= 0.6 is 0 Å². The molecule has 1 aromatic carbocycles. The maximum Gasteiger partial charge on any atom is 0.370 e. The SMILES string of the molecule is COC(=[NH2+])c1ccccc1O.[Cl-]. The molecule has 0 heterocycles. The van der Waals surface area contributed by atoms with Crippen molar-refractivity contribution in [3.8, 4) is 5.75 Å². The van der Waals surface area contributed by atoms with E-state index in [2.05, 4.69) is 0 Å². The zero-order valence-corrected chi connectivity index (χ0v) is 7.38. The zero-order valence-electron chi connectivity index (χ0n) is 6.62. The van der Waals surface area contributed by atoms with E-state index in [1.54, 1.807) is 24.3 Å². The first-order chi connectivity index (χ1) is 5.25. The number of ether oxygens (including phenoxy) is 1. The Morgan fingerprint density at radius 3 is 2.50 bits per heavy atom. The van der Waals surface area contributed by atoms with Crippen molar-refractivity contribution in [2.24, 2.45) is 0 Å². The number of benzene rings is 1. The van der Waals surface area contributed by atoms with Gasteiger partial charge in [0.25, 0.3) is 0 Å². The third kappa shape index (κ3) is 2.13. The molecular weight excluding hydrogens is 178 g/mol. The van der Waals surface area contributed by atoms with Crippen LogP contribution in [0.5, 0.6) is 5.75 Å². The Kier molecular flexibility index (Phi) is 4.15. The van der Waals surface area contributed by atoms with Crippen molar-refractivity contribution in [3.05, 3.63) is 29.8 Å². The molecule has 66 valence electrons. The van der Waals surface area contributed by atoms with Gasteiger partial charge in [-0.2, -0.15) is 0 Å². The highest BCUT2D eigenvalue weighted by Crippen LogP contribution is 2.14. The third-order valence-corrected chi connectivity index (χ3v) is 1.39. The molecule has 4 heteroatoms. The quantitative estimate of drug-likeness (QED) is 0.355. The lowest BCUT2D eigenvalue weighted by molar-refractivity contribution is -0.135. The Hall–Kier alpha value is -1.22. The molecule has 0 spiro atoms. The second-order valence-corrected chi connectivity index (χ2v) is 2.09. The lowest BCUT2D eigenvalue weighted by Crippen LogP contribution is -3.00. The normalized spacial score (nSPS) is 8.42. The lowest BCUT2D eigenvalue weighted by atomic mass is 10.2. The molecule has 0 radical (unpaired) electrons. The summed E-state index contributed by atoms with van der Waals surface area (Å²) < 4.78 is 4.75. The topological polar surface area (TPSA) is 55.0 Å². The Balaban J connectivity index is 0.00000121. The van der Waals surface area contributed by atoms with Crippen LogP contribution in [0.4, 0.5) is 0 Å². The molecule has 3 nitrogen and oxygen atoms in total. The average Bonchev–Trinajstić information content (AvgIpc) is 2.04. The van der Waals surface area contributed by atoms with Gasteiger partial charge in [0.15, 0.2) is 0 Å². The summed E-state index contributed by atoms with van der Waals surface area (Å²) >= 11 is 0. The van der Waals surface area contributed by atoms with Crippen LogP contribution in [0, 0.1) is 0 Å². The van der Waals surface area contributed by atoms with Crippen molar-refractivity contribution in [2.45, 2.75) is 0 Å². The Morgan fingerprint density at radius 2 is 2.00 bits per heavy atom. The predicted molar refractivity (Wildman–Crippen MR) is 41.2 cm³/mol. The molecule has 1 rings (SSSR count). The van der Waals surface area contributed by atoms with Crippen molar-refractivity contribution in [1.82, 2.24) is 0 Å². The number of phenols is 1. The molecule has 0 aromatic heterocycles. The smallest absolute Gasteiger partial charge is 0.370 e. The summed E-state index contributed by atoms with van der Waals surface area (Å²) in [4.78, 5) is 0. The Labute approximate surface area is 76.9 Å². The van der Waals surface area contributed by atoms with E-state index in [4.69, 9.17) is 10.1 Å². The van der Waals surface area contributed by atoms with Crippen molar-refractivity contribution >= 4 is 5.90 Å². The van der Waals surface area contributed by atoms with Gasteiger partial charge in [0.2, 0.25) is 0 Å². The molecule has 0 aliphatic carbocycles. The molecule has 0 fully saturated rings. The molecule has 0 unspecified atom stereocenters. The van der Waals surface area contributed by atoms with Crippen molar-refractivity contribution in [2.75, 3.05) is 7.11 Å². The average molecular weight is 188 g/mol. The highest BCUT2D eigenvalue weighted by Gasteiger charge is 2.10. The fourth-order valence-electron chi connectivity index (χ4n) is 0.792. The van der Waals surface area contributed by atoms with Crippen LogP contribution in [0.2, 0.25) is 0 Å². The minimum Gasteiger partial charge on any atom is -1.00 e. The van der Waals surface area contributed by atoms with Crippen LogP contribution in [0.15, 0.2) is 24.3 Å². The van der Waals surface area contributed by atoms with E-state index in [0.29, 0.717) is 5.56 Å². The molecule has 3 N–H and O–H groups in total. The van der Waals surface area contributed by atoms with Crippen LogP contribution in [-0.2, 0) is 4.74 Å². The second-order valence-electron chi connectivity index (χ2n) is 2.09. The van der Waals surface area contributed by atoms with E-state index < -0.39 is 0 Å². The van der Waals surface area contributed by atoms with Crippen molar-refractivity contribution in [3.63, 3.8) is 0 Å². The molecule has 0 aliphatic heterocycles. The van der Waals surface area contributed by atoms with Crippen molar-refractivity contribution in [1.29, 1.82) is 0 Å². The maximum absolute atomic E-state index is 9.23. The molecule has 0 aliphatic rings. The first-order valence-electron chi connectivity index (χ1n) is 3.20. The highest BCUT2D eigenvalue weighted by molar-refractivity contribution is 5.91. The van der Waals surface area contributed by atoms with Gasteiger partial charge in [-0.15, -0.1) is 0 Å². The highest BCUT2D eigenvalue weighted by atomic mass is 35.5. The lowest BCUT2D eigenvalue weighted by Gasteiger charge is -1.98. The first kappa shape index (κ1) is 10.8. The van der Waals surface area contributed by atoms with Crippen LogP contribution in [0.1, 0.15) is 5.56 Å². The molecule has 0 bridgehead atoms. The van der Waals surface area contributed by atoms with E-state index >= 15 is 0 Å². The van der Waals surface area contributed by atoms with Gasteiger partial charge < -0.3 is 22.3 Å². The number of hydrogen-bond donors (Lipinski definition) is 2. The standard InChI is InChI=1S/C8H9NO2.ClH/c1-11-8(9)6-4-2-3-5-7(6)10;/h2-5,9-10H,1H3;1H. The van der Waals surface area contributed by atoms with E-state index in [0.717, 1.165) is 0 Å². The summed E-state index contributed by atoms with van der Waals surface area (Å²) in [5, 5.41) is 14.7. The molecule has 0 amide bonds. The van der Waals surface area contributed by atoms with Gasteiger partial charge in [0.05, 0.1) is 7.11 Å². The monoisotopic (exact) mass is 187 g/mol. The van der Waals surface area contributed by atoms with Gasteiger partial charge in [0.1, 0.15) is 11.3 Å². The van der Waals surface area contributed by atoms with E-state index in [9.17, 15) is 5.11 Å². The summed E-state index contributed by atoms with van der Waals surface area (Å²) in [6.07, 6.45) is 0. The summed E-state index contributed by atoms with van der Waals surface area (Å²) in [6.45, 7) is 0. The van der Waals surface area contributed by atoms with Crippen LogP contribution in [0.25, 0.3) is 0 Å². The van der Waals surface area contributed by atoms with Gasteiger partial charge in [-0.1, -0.05) is 12.1 Å². The van der Waals surface area contributed by atoms with E-state index in [1.807, 2.05) is 0 Å². The Bertz CT molecular complexity index is 276. The van der Waals surface area contributed by atoms with Crippen molar-refractivity contribution < 1.29 is 27.7 Å². The van der Waals surface area contributed by atoms with Crippen LogP contribution in [0.3, 0.4) is 0 Å². The van der Waals surface area contributed by atoms with Crippen LogP contribution in [-0.4, -0.2) is 18.1 Å². The first-order valence-corrected chi connectivity index (χ1v) is 3.20. The summed E-state index contributed by atoms with van der Waals surface area (Å²) in [5.41, 5.74) is 0.523. The molecule has 0 saturated carbocycles. The number of rotatable bonds is 1. The minimum atomic E-state index is 0. The fourth-order valence-corrected chi connectivity index (χ4v) is 0.792. The predicted octanol–water partition coefficient (Wildman–Crippen LogP) is -3.45. The molecule has 0 saturated heterocycles. The zero-order chi connectivity index (χ0) is 8.27. The van der Waals surface area contributed by atoms with Gasteiger partial charge in [-0.25, -0.2) is 5.41 Å². The number of aromatic hydroxyl groups is 1. The van der Waals surface area contributed by atoms with Gasteiger partial charge in [-0.05, 0) is 12.1 Å². The Morgan fingerprint density at radius 1 is 1.42 bits per heavy atom. The fraction of sp³-hybridized carbons (Fsp3) is 0.125. The number of hydrogen-bond acceptors (Lipinski definition) is 2. The summed E-state index contributed by atoms with van der Waals surface area (Å²) in [6, 6.07) is 6.75. The third-order valence-electron chi connectivity index (χ3n) is 1.39. The molecule has 1 aromatic rings. The number of nitrogens with two attached hydrogens (primary N) is 1. The number of methoxy groups -OCH3 is 1. The number of phenolic OH excluding ortho intramolecular Hbond substituents is 1. The van der Waals surface area contributed by atoms with E-state index in [-0.39, 0.29) is 24.1 Å². The molecule has 12 heavy (non-hydrogen) atoms. The van der Waals surface area contributed by atoms with Crippen LogP contribution < -0.4 is 17.8 Å². The second kappa shape index (κ2) is 4.62. The number of halogens is 1. The summed E-state index contributed by atoms with van der Waals surface area (Å²) in [7, 11) is 1.46. The number of para-hydroxylation sites is 1. The largest absolute Gasteiger partial charge is 1.00 e. The van der Waals surface area contributed by atoms with Gasteiger partial charge >= 0.3 is 5.90 Å². The van der Waals surface area contributed by atoms with E-state index in [1.165, 1.54) is 7.11 Å². The minimum absolute atomic E-state index is 0. The van der Waals surface area contributed by atoms with Gasteiger partial charge in [-0.3, -0.25) is 0 Å². The molecular formula is C8H10ClNO2. The maximum atomic E-state index is 9.23. The summed E-state index contributed by atoms with van der Waals surface area (Å²) in [5.74, 6) is 0.356. The molecule has 0 atom stereocenters.